The molecule has 1 aromatic carbocycles. The molecular weight excluding hydrogens is 262 g/mol. The van der Waals surface area contributed by atoms with Crippen molar-refractivity contribution in [2.24, 2.45) is 0 Å². The first kappa shape index (κ1) is 13.6. The summed E-state index contributed by atoms with van der Waals surface area (Å²) in [6, 6.07) is 7.10. The van der Waals surface area contributed by atoms with Crippen molar-refractivity contribution in [2.75, 3.05) is 5.32 Å². The maximum absolute atomic E-state index is 11.6. The standard InChI is InChI=1S/C14H16ClN3O/c1-3-5-10-8-13(19)18-14(16-10)17-12-7-4-6-11(15)9(12)2/h4,6-8H,3,5H2,1-2H3,(H2,16,17,18,19). The first-order chi connectivity index (χ1) is 9.10. The van der Waals surface area contributed by atoms with Crippen LogP contribution in [0.4, 0.5) is 11.6 Å². The number of rotatable bonds is 4. The zero-order valence-corrected chi connectivity index (χ0v) is 11.7. The molecule has 2 aromatic rings. The SMILES string of the molecule is CCCc1cc(=O)[nH]c(Nc2cccc(Cl)c2C)n1. The van der Waals surface area contributed by atoms with Crippen molar-refractivity contribution in [3.63, 3.8) is 0 Å². The Morgan fingerprint density at radius 2 is 2.21 bits per heavy atom. The Morgan fingerprint density at radius 1 is 1.42 bits per heavy atom. The fraction of sp³-hybridized carbons (Fsp3) is 0.286. The molecule has 0 aliphatic heterocycles. The molecule has 0 fully saturated rings. The van der Waals surface area contributed by atoms with Crippen LogP contribution in [0.25, 0.3) is 0 Å². The summed E-state index contributed by atoms with van der Waals surface area (Å²) in [5.74, 6) is 0.446. The number of nitrogens with one attached hydrogen (secondary N) is 2. The molecule has 0 bridgehead atoms. The van der Waals surface area contributed by atoms with Crippen LogP contribution in [0.2, 0.25) is 5.02 Å². The van der Waals surface area contributed by atoms with Gasteiger partial charge in [-0.15, -0.1) is 0 Å². The number of H-pyrrole nitrogens is 1. The molecule has 100 valence electrons. The first-order valence-corrected chi connectivity index (χ1v) is 6.60. The number of hydrogen-bond donors (Lipinski definition) is 2. The maximum atomic E-state index is 11.6. The van der Waals surface area contributed by atoms with E-state index in [1.54, 1.807) is 0 Å². The van der Waals surface area contributed by atoms with E-state index in [9.17, 15) is 4.79 Å². The predicted octanol–water partition coefficient (Wildman–Crippen LogP) is 3.43. The largest absolute Gasteiger partial charge is 0.325 e. The smallest absolute Gasteiger partial charge is 0.252 e. The van der Waals surface area contributed by atoms with Crippen molar-refractivity contribution in [2.45, 2.75) is 26.7 Å². The number of nitrogens with zero attached hydrogens (tertiary/aromatic N) is 1. The average Bonchev–Trinajstić information content (AvgIpc) is 2.35. The predicted molar refractivity (Wildman–Crippen MR) is 78.3 cm³/mol. The Labute approximate surface area is 116 Å². The molecule has 0 saturated heterocycles. The lowest BCUT2D eigenvalue weighted by Crippen LogP contribution is -2.12. The molecule has 0 spiro atoms. The number of aromatic nitrogens is 2. The van der Waals surface area contributed by atoms with E-state index >= 15 is 0 Å². The molecule has 0 unspecified atom stereocenters. The number of aromatic amines is 1. The van der Waals surface area contributed by atoms with Crippen LogP contribution in [0.1, 0.15) is 24.6 Å². The minimum Gasteiger partial charge on any atom is -0.325 e. The third-order valence-corrected chi connectivity index (χ3v) is 3.23. The lowest BCUT2D eigenvalue weighted by molar-refractivity contribution is 0.870. The van der Waals surface area contributed by atoms with Crippen molar-refractivity contribution < 1.29 is 0 Å². The van der Waals surface area contributed by atoms with E-state index in [0.717, 1.165) is 29.8 Å². The number of anilines is 2. The van der Waals surface area contributed by atoms with Gasteiger partial charge in [0, 0.05) is 22.5 Å². The van der Waals surface area contributed by atoms with Gasteiger partial charge in [-0.2, -0.15) is 0 Å². The van der Waals surface area contributed by atoms with Crippen LogP contribution < -0.4 is 10.9 Å². The maximum Gasteiger partial charge on any atom is 0.252 e. The molecule has 4 nitrogen and oxygen atoms in total. The second-order valence-corrected chi connectivity index (χ2v) is 4.78. The van der Waals surface area contributed by atoms with E-state index in [1.165, 1.54) is 6.07 Å². The Morgan fingerprint density at radius 3 is 2.95 bits per heavy atom. The molecule has 2 rings (SSSR count). The molecule has 2 N–H and O–H groups in total. The molecular formula is C14H16ClN3O. The van der Waals surface area contributed by atoms with Crippen LogP contribution in [-0.4, -0.2) is 9.97 Å². The van der Waals surface area contributed by atoms with E-state index in [4.69, 9.17) is 11.6 Å². The zero-order valence-electron chi connectivity index (χ0n) is 11.0. The van der Waals surface area contributed by atoms with E-state index in [2.05, 4.69) is 22.2 Å². The minimum absolute atomic E-state index is 0.152. The highest BCUT2D eigenvalue weighted by Gasteiger charge is 2.05. The van der Waals surface area contributed by atoms with Crippen molar-refractivity contribution in [1.82, 2.24) is 9.97 Å². The van der Waals surface area contributed by atoms with Crippen molar-refractivity contribution in [3.8, 4) is 0 Å². The van der Waals surface area contributed by atoms with E-state index in [0.29, 0.717) is 11.0 Å². The van der Waals surface area contributed by atoms with Crippen LogP contribution in [-0.2, 0) is 6.42 Å². The third kappa shape index (κ3) is 3.35. The highest BCUT2D eigenvalue weighted by molar-refractivity contribution is 6.31. The molecule has 0 aliphatic rings. The highest BCUT2D eigenvalue weighted by atomic mass is 35.5. The summed E-state index contributed by atoms with van der Waals surface area (Å²) in [4.78, 5) is 18.6. The molecule has 1 heterocycles. The van der Waals surface area contributed by atoms with E-state index in [1.807, 2.05) is 25.1 Å². The summed E-state index contributed by atoms with van der Waals surface area (Å²) in [5, 5.41) is 3.78. The van der Waals surface area contributed by atoms with Gasteiger partial charge in [0.2, 0.25) is 5.95 Å². The van der Waals surface area contributed by atoms with Gasteiger partial charge in [-0.1, -0.05) is 31.0 Å². The monoisotopic (exact) mass is 277 g/mol. The Hall–Kier alpha value is -1.81. The fourth-order valence-electron chi connectivity index (χ4n) is 1.82. The molecule has 0 atom stereocenters. The molecule has 5 heteroatoms. The van der Waals surface area contributed by atoms with Crippen molar-refractivity contribution in [3.05, 3.63) is 50.9 Å². The van der Waals surface area contributed by atoms with E-state index < -0.39 is 0 Å². The normalized spacial score (nSPS) is 10.5. The molecule has 0 amide bonds. The first-order valence-electron chi connectivity index (χ1n) is 6.22. The summed E-state index contributed by atoms with van der Waals surface area (Å²) in [5.41, 5.74) is 2.39. The molecule has 0 aliphatic carbocycles. The summed E-state index contributed by atoms with van der Waals surface area (Å²) in [6.45, 7) is 3.97. The average molecular weight is 278 g/mol. The van der Waals surface area contributed by atoms with Crippen molar-refractivity contribution >= 4 is 23.2 Å². The number of halogens is 1. The van der Waals surface area contributed by atoms with Gasteiger partial charge in [0.15, 0.2) is 0 Å². The number of benzene rings is 1. The molecule has 0 radical (unpaired) electrons. The van der Waals surface area contributed by atoms with Crippen LogP contribution in [0, 0.1) is 6.92 Å². The minimum atomic E-state index is -0.152. The second-order valence-electron chi connectivity index (χ2n) is 4.37. The topological polar surface area (TPSA) is 57.8 Å². The summed E-state index contributed by atoms with van der Waals surface area (Å²) in [6.07, 6.45) is 1.74. The van der Waals surface area contributed by atoms with Crippen LogP contribution >= 0.6 is 11.6 Å². The van der Waals surface area contributed by atoms with Gasteiger partial charge in [-0.05, 0) is 31.0 Å². The summed E-state index contributed by atoms with van der Waals surface area (Å²) >= 11 is 6.06. The molecule has 0 saturated carbocycles. The van der Waals surface area contributed by atoms with Crippen LogP contribution in [0.15, 0.2) is 29.1 Å². The molecule has 19 heavy (non-hydrogen) atoms. The van der Waals surface area contributed by atoms with Gasteiger partial charge in [-0.3, -0.25) is 9.78 Å². The van der Waals surface area contributed by atoms with Gasteiger partial charge in [0.25, 0.3) is 5.56 Å². The molecule has 1 aromatic heterocycles. The Balaban J connectivity index is 2.32. The van der Waals surface area contributed by atoms with Crippen LogP contribution in [0.3, 0.4) is 0 Å². The van der Waals surface area contributed by atoms with Crippen LogP contribution in [0.5, 0.6) is 0 Å². The lowest BCUT2D eigenvalue weighted by atomic mass is 10.2. The van der Waals surface area contributed by atoms with E-state index in [-0.39, 0.29) is 5.56 Å². The number of hydrogen-bond acceptors (Lipinski definition) is 3. The quantitative estimate of drug-likeness (QED) is 0.900. The fourth-order valence-corrected chi connectivity index (χ4v) is 2.00. The summed E-state index contributed by atoms with van der Waals surface area (Å²) in [7, 11) is 0. The highest BCUT2D eigenvalue weighted by Crippen LogP contribution is 2.24. The second kappa shape index (κ2) is 5.89. The van der Waals surface area contributed by atoms with Gasteiger partial charge in [0.05, 0.1) is 0 Å². The lowest BCUT2D eigenvalue weighted by Gasteiger charge is -2.10. The van der Waals surface area contributed by atoms with Gasteiger partial charge in [-0.25, -0.2) is 4.98 Å². The Bertz CT molecular complexity index is 637. The zero-order chi connectivity index (χ0) is 13.8. The van der Waals surface area contributed by atoms with Gasteiger partial charge in [0.1, 0.15) is 0 Å². The summed E-state index contributed by atoms with van der Waals surface area (Å²) < 4.78 is 0. The van der Waals surface area contributed by atoms with Gasteiger partial charge < -0.3 is 5.32 Å². The van der Waals surface area contributed by atoms with Crippen molar-refractivity contribution in [1.29, 1.82) is 0 Å². The van der Waals surface area contributed by atoms with Gasteiger partial charge >= 0.3 is 0 Å². The Kier molecular flexibility index (Phi) is 4.22. The number of aryl methyl sites for hydroxylation is 1. The third-order valence-electron chi connectivity index (χ3n) is 2.82.